The molecule has 0 radical (unpaired) electrons. The molecule has 112 valence electrons. The van der Waals surface area contributed by atoms with Crippen LogP contribution in [0, 0.1) is 0 Å². The molecule has 5 nitrogen and oxygen atoms in total. The largest absolute Gasteiger partial charge is 0.376 e. The average molecular weight is 271 g/mol. The molecule has 1 fully saturated rings. The van der Waals surface area contributed by atoms with E-state index >= 15 is 0 Å². The van der Waals surface area contributed by atoms with Crippen molar-refractivity contribution in [3.05, 3.63) is 0 Å². The highest BCUT2D eigenvalue weighted by molar-refractivity contribution is 5.77. The van der Waals surface area contributed by atoms with Crippen LogP contribution in [0.4, 0.5) is 0 Å². The summed E-state index contributed by atoms with van der Waals surface area (Å²) in [5.41, 5.74) is 5.65. The molecule has 3 N–H and O–H groups in total. The Hall–Kier alpha value is -0.650. The minimum Gasteiger partial charge on any atom is -0.376 e. The molecular weight excluding hydrogens is 242 g/mol. The second kappa shape index (κ2) is 7.22. The minimum atomic E-state index is -0.187. The van der Waals surface area contributed by atoms with Gasteiger partial charge in [-0.1, -0.05) is 6.92 Å². The fraction of sp³-hybridized carbons (Fsp3) is 0.929. The minimum absolute atomic E-state index is 0.0718. The lowest BCUT2D eigenvalue weighted by Crippen LogP contribution is -2.52. The lowest BCUT2D eigenvalue weighted by molar-refractivity contribution is -0.124. The quantitative estimate of drug-likeness (QED) is 0.773. The van der Waals surface area contributed by atoms with Crippen molar-refractivity contribution >= 4 is 5.91 Å². The number of rotatable bonds is 5. The zero-order valence-corrected chi connectivity index (χ0v) is 12.7. The average Bonchev–Trinajstić information content (AvgIpc) is 2.34. The number of ether oxygens (including phenoxy) is 1. The number of morpholine rings is 1. The van der Waals surface area contributed by atoms with Crippen LogP contribution < -0.4 is 11.1 Å². The monoisotopic (exact) mass is 271 g/mol. The Morgan fingerprint density at radius 2 is 2.21 bits per heavy atom. The first-order valence-electron chi connectivity index (χ1n) is 7.22. The second-order valence-corrected chi connectivity index (χ2v) is 6.29. The van der Waals surface area contributed by atoms with E-state index in [0.717, 1.165) is 26.1 Å². The summed E-state index contributed by atoms with van der Waals surface area (Å²) in [5.74, 6) is 0.0718. The molecule has 0 aromatic rings. The summed E-state index contributed by atoms with van der Waals surface area (Å²) in [7, 11) is 0. The molecule has 2 atom stereocenters. The van der Waals surface area contributed by atoms with Gasteiger partial charge in [0.15, 0.2) is 0 Å². The molecule has 1 aliphatic heterocycles. The first kappa shape index (κ1) is 16.4. The number of amides is 1. The molecule has 1 aliphatic rings. The maximum atomic E-state index is 12.0. The van der Waals surface area contributed by atoms with E-state index < -0.39 is 0 Å². The Morgan fingerprint density at radius 1 is 1.53 bits per heavy atom. The smallest absolute Gasteiger partial charge is 0.222 e. The van der Waals surface area contributed by atoms with Gasteiger partial charge in [-0.15, -0.1) is 0 Å². The number of carbonyl (C=O) groups excluding carboxylic acids is 1. The molecule has 19 heavy (non-hydrogen) atoms. The van der Waals surface area contributed by atoms with Crippen LogP contribution in [0.1, 0.15) is 40.5 Å². The van der Waals surface area contributed by atoms with Gasteiger partial charge >= 0.3 is 0 Å². The molecule has 0 bridgehead atoms. The zero-order valence-electron chi connectivity index (χ0n) is 12.7. The Kier molecular flexibility index (Phi) is 6.23. The summed E-state index contributed by atoms with van der Waals surface area (Å²) in [4.78, 5) is 14.3. The van der Waals surface area contributed by atoms with Gasteiger partial charge in [0.1, 0.15) is 0 Å². The van der Waals surface area contributed by atoms with E-state index in [1.807, 2.05) is 20.8 Å². The fourth-order valence-corrected chi connectivity index (χ4v) is 2.37. The Bertz CT molecular complexity index is 289. The predicted octanol–water partition coefficient (Wildman–Crippen LogP) is 0.729. The molecule has 1 amide bonds. The molecule has 0 saturated carbocycles. The SMILES string of the molecule is CCC1CN(C(CN)CC(=O)NC(C)(C)C)CCO1. The summed E-state index contributed by atoms with van der Waals surface area (Å²) in [6.07, 6.45) is 1.74. The molecule has 5 heteroatoms. The van der Waals surface area contributed by atoms with Crippen molar-refractivity contribution in [3.63, 3.8) is 0 Å². The van der Waals surface area contributed by atoms with Crippen LogP contribution in [0.15, 0.2) is 0 Å². The number of hydrogen-bond donors (Lipinski definition) is 2. The van der Waals surface area contributed by atoms with Gasteiger partial charge in [0.05, 0.1) is 12.7 Å². The van der Waals surface area contributed by atoms with Crippen molar-refractivity contribution in [1.29, 1.82) is 0 Å². The predicted molar refractivity (Wildman–Crippen MR) is 77.0 cm³/mol. The summed E-state index contributed by atoms with van der Waals surface area (Å²) in [6.45, 7) is 11.1. The lowest BCUT2D eigenvalue weighted by Gasteiger charge is -2.37. The molecule has 0 aromatic heterocycles. The van der Waals surface area contributed by atoms with Gasteiger partial charge in [0.25, 0.3) is 0 Å². The van der Waals surface area contributed by atoms with Crippen LogP contribution in [-0.2, 0) is 9.53 Å². The Labute approximate surface area is 116 Å². The Balaban J connectivity index is 2.50. The van der Waals surface area contributed by atoms with Gasteiger partial charge in [-0.05, 0) is 27.2 Å². The van der Waals surface area contributed by atoms with E-state index in [9.17, 15) is 4.79 Å². The summed E-state index contributed by atoms with van der Waals surface area (Å²) in [6, 6.07) is 0.111. The van der Waals surface area contributed by atoms with Gasteiger partial charge in [-0.2, -0.15) is 0 Å². The highest BCUT2D eigenvalue weighted by Gasteiger charge is 2.27. The molecule has 2 unspecified atom stereocenters. The molecule has 0 aromatic carbocycles. The number of carbonyl (C=O) groups is 1. The number of nitrogens with zero attached hydrogens (tertiary/aromatic N) is 1. The van der Waals surface area contributed by atoms with Gasteiger partial charge in [0.2, 0.25) is 5.91 Å². The van der Waals surface area contributed by atoms with E-state index in [4.69, 9.17) is 10.5 Å². The van der Waals surface area contributed by atoms with E-state index in [2.05, 4.69) is 17.1 Å². The third-order valence-electron chi connectivity index (χ3n) is 3.35. The van der Waals surface area contributed by atoms with E-state index in [1.165, 1.54) is 0 Å². The van der Waals surface area contributed by atoms with Crippen molar-refractivity contribution in [2.24, 2.45) is 5.73 Å². The van der Waals surface area contributed by atoms with Crippen molar-refractivity contribution < 1.29 is 9.53 Å². The van der Waals surface area contributed by atoms with Crippen LogP contribution in [0.3, 0.4) is 0 Å². The van der Waals surface area contributed by atoms with Crippen LogP contribution >= 0.6 is 0 Å². The molecule has 1 saturated heterocycles. The van der Waals surface area contributed by atoms with Gasteiger partial charge in [-0.25, -0.2) is 0 Å². The van der Waals surface area contributed by atoms with Gasteiger partial charge in [-0.3, -0.25) is 9.69 Å². The van der Waals surface area contributed by atoms with Crippen molar-refractivity contribution in [1.82, 2.24) is 10.2 Å². The summed E-state index contributed by atoms with van der Waals surface area (Å²) in [5, 5.41) is 3.00. The van der Waals surface area contributed by atoms with Crippen LogP contribution in [0.2, 0.25) is 0 Å². The third kappa shape index (κ3) is 5.89. The molecule has 0 aliphatic carbocycles. The topological polar surface area (TPSA) is 67.6 Å². The van der Waals surface area contributed by atoms with Crippen LogP contribution in [0.5, 0.6) is 0 Å². The molecular formula is C14H29N3O2. The van der Waals surface area contributed by atoms with E-state index in [0.29, 0.717) is 13.0 Å². The van der Waals surface area contributed by atoms with Crippen molar-refractivity contribution in [3.8, 4) is 0 Å². The number of hydrogen-bond acceptors (Lipinski definition) is 4. The van der Waals surface area contributed by atoms with Crippen molar-refractivity contribution in [2.75, 3.05) is 26.2 Å². The molecule has 1 heterocycles. The highest BCUT2D eigenvalue weighted by Crippen LogP contribution is 2.13. The second-order valence-electron chi connectivity index (χ2n) is 6.29. The maximum Gasteiger partial charge on any atom is 0.222 e. The summed E-state index contributed by atoms with van der Waals surface area (Å²) < 4.78 is 5.65. The Morgan fingerprint density at radius 3 is 2.74 bits per heavy atom. The normalized spacial score (nSPS) is 23.1. The number of nitrogens with one attached hydrogen (secondary N) is 1. The first-order valence-corrected chi connectivity index (χ1v) is 7.22. The number of nitrogens with two attached hydrogens (primary N) is 1. The van der Waals surface area contributed by atoms with Gasteiger partial charge in [0, 0.05) is 37.6 Å². The van der Waals surface area contributed by atoms with Gasteiger partial charge < -0.3 is 15.8 Å². The van der Waals surface area contributed by atoms with Crippen LogP contribution in [0.25, 0.3) is 0 Å². The fourth-order valence-electron chi connectivity index (χ4n) is 2.37. The maximum absolute atomic E-state index is 12.0. The van der Waals surface area contributed by atoms with E-state index in [1.54, 1.807) is 0 Å². The lowest BCUT2D eigenvalue weighted by atomic mass is 10.1. The molecule has 1 rings (SSSR count). The molecule has 0 spiro atoms. The highest BCUT2D eigenvalue weighted by atomic mass is 16.5. The summed E-state index contributed by atoms with van der Waals surface area (Å²) >= 11 is 0. The standard InChI is InChI=1S/C14H29N3O2/c1-5-12-10-17(6-7-19-12)11(9-15)8-13(18)16-14(2,3)4/h11-12H,5-10,15H2,1-4H3,(H,16,18). The van der Waals surface area contributed by atoms with Crippen molar-refractivity contribution in [2.45, 2.75) is 58.2 Å². The van der Waals surface area contributed by atoms with E-state index in [-0.39, 0.29) is 23.6 Å². The zero-order chi connectivity index (χ0) is 14.5. The first-order chi connectivity index (χ1) is 8.85. The third-order valence-corrected chi connectivity index (χ3v) is 3.35. The van der Waals surface area contributed by atoms with Crippen LogP contribution in [-0.4, -0.2) is 54.7 Å².